The summed E-state index contributed by atoms with van der Waals surface area (Å²) in [5, 5.41) is 7.24. The lowest BCUT2D eigenvalue weighted by Gasteiger charge is -2.18. The van der Waals surface area contributed by atoms with Crippen LogP contribution in [0.3, 0.4) is 0 Å². The van der Waals surface area contributed by atoms with Crippen molar-refractivity contribution in [1.29, 1.82) is 0 Å². The van der Waals surface area contributed by atoms with Crippen LogP contribution in [0.5, 0.6) is 0 Å². The van der Waals surface area contributed by atoms with Crippen LogP contribution in [0.15, 0.2) is 12.1 Å². The molecule has 2 rings (SSSR count). The number of hydrogen-bond acceptors (Lipinski definition) is 2. The fourth-order valence-electron chi connectivity index (χ4n) is 3.00. The summed E-state index contributed by atoms with van der Waals surface area (Å²) >= 11 is 0. The van der Waals surface area contributed by atoms with E-state index in [4.69, 9.17) is 0 Å². The van der Waals surface area contributed by atoms with E-state index in [9.17, 15) is 0 Å². The first-order valence-corrected chi connectivity index (χ1v) is 7.43. The van der Waals surface area contributed by atoms with E-state index in [2.05, 4.69) is 57.4 Å². The highest BCUT2D eigenvalue weighted by molar-refractivity contribution is 5.38. The summed E-state index contributed by atoms with van der Waals surface area (Å²) in [5.74, 6) is 0. The molecule has 2 N–H and O–H groups in total. The van der Waals surface area contributed by atoms with Gasteiger partial charge in [0.15, 0.2) is 0 Å². The molecule has 0 aromatic heterocycles. The first-order chi connectivity index (χ1) is 8.89. The average Bonchev–Trinajstić information content (AvgIpc) is 2.69. The zero-order valence-corrected chi connectivity index (χ0v) is 13.1. The van der Waals surface area contributed by atoms with E-state index in [1.54, 1.807) is 0 Å². The van der Waals surface area contributed by atoms with E-state index in [0.29, 0.717) is 11.6 Å². The zero-order valence-electron chi connectivity index (χ0n) is 13.1. The Morgan fingerprint density at radius 2 is 1.95 bits per heavy atom. The molecule has 19 heavy (non-hydrogen) atoms. The fraction of sp³-hybridized carbons (Fsp3) is 0.647. The summed E-state index contributed by atoms with van der Waals surface area (Å²) < 4.78 is 0. The third kappa shape index (κ3) is 3.58. The second-order valence-electron chi connectivity index (χ2n) is 6.66. The lowest BCUT2D eigenvalue weighted by atomic mass is 9.97. The van der Waals surface area contributed by atoms with Crippen molar-refractivity contribution in [3.05, 3.63) is 34.4 Å². The quantitative estimate of drug-likeness (QED) is 0.870. The normalized spacial score (nSPS) is 21.8. The molecular formula is C17H28N2. The van der Waals surface area contributed by atoms with Crippen molar-refractivity contribution in [2.24, 2.45) is 0 Å². The van der Waals surface area contributed by atoms with Gasteiger partial charge in [0.1, 0.15) is 0 Å². The highest BCUT2D eigenvalue weighted by atomic mass is 15.1. The fourth-order valence-corrected chi connectivity index (χ4v) is 3.00. The predicted octanol–water partition coefficient (Wildman–Crippen LogP) is 2.88. The second kappa shape index (κ2) is 5.64. The highest BCUT2D eigenvalue weighted by Gasteiger charge is 2.29. The van der Waals surface area contributed by atoms with Crippen LogP contribution in [-0.2, 0) is 6.42 Å². The molecule has 1 aromatic carbocycles. The van der Waals surface area contributed by atoms with Crippen molar-refractivity contribution < 1.29 is 0 Å². The van der Waals surface area contributed by atoms with Crippen LogP contribution in [0.4, 0.5) is 0 Å². The van der Waals surface area contributed by atoms with Crippen LogP contribution in [-0.4, -0.2) is 24.7 Å². The first-order valence-electron chi connectivity index (χ1n) is 7.43. The Morgan fingerprint density at radius 3 is 2.58 bits per heavy atom. The molecule has 0 aliphatic carbocycles. The largest absolute Gasteiger partial charge is 0.312 e. The summed E-state index contributed by atoms with van der Waals surface area (Å²) in [4.78, 5) is 0. The number of aryl methyl sites for hydroxylation is 1. The minimum atomic E-state index is 0.300. The molecule has 0 radical (unpaired) electrons. The lowest BCUT2D eigenvalue weighted by Crippen LogP contribution is -2.32. The maximum absolute atomic E-state index is 3.68. The highest BCUT2D eigenvalue weighted by Crippen LogP contribution is 2.19. The van der Waals surface area contributed by atoms with Gasteiger partial charge in [0.25, 0.3) is 0 Å². The van der Waals surface area contributed by atoms with Crippen molar-refractivity contribution in [1.82, 2.24) is 10.6 Å². The molecule has 0 spiro atoms. The van der Waals surface area contributed by atoms with Crippen molar-refractivity contribution >= 4 is 0 Å². The van der Waals surface area contributed by atoms with Crippen molar-refractivity contribution in [3.8, 4) is 0 Å². The maximum atomic E-state index is 3.68. The monoisotopic (exact) mass is 260 g/mol. The Balaban J connectivity index is 1.85. The Morgan fingerprint density at radius 1 is 1.21 bits per heavy atom. The van der Waals surface area contributed by atoms with Crippen LogP contribution in [0.1, 0.15) is 42.5 Å². The van der Waals surface area contributed by atoms with Crippen LogP contribution in [0.2, 0.25) is 0 Å². The van der Waals surface area contributed by atoms with Crippen LogP contribution < -0.4 is 10.6 Å². The van der Waals surface area contributed by atoms with E-state index >= 15 is 0 Å². The van der Waals surface area contributed by atoms with Gasteiger partial charge in [-0.25, -0.2) is 0 Å². The molecule has 1 aromatic rings. The van der Waals surface area contributed by atoms with Crippen molar-refractivity contribution in [3.63, 3.8) is 0 Å². The molecule has 0 amide bonds. The molecule has 1 unspecified atom stereocenters. The Kier molecular flexibility index (Phi) is 4.32. The van der Waals surface area contributed by atoms with Gasteiger partial charge in [-0.05, 0) is 76.3 Å². The van der Waals surface area contributed by atoms with Gasteiger partial charge >= 0.3 is 0 Å². The number of nitrogens with one attached hydrogen (secondary N) is 2. The first kappa shape index (κ1) is 14.5. The molecule has 1 aliphatic rings. The Hall–Kier alpha value is -0.860. The van der Waals surface area contributed by atoms with Crippen molar-refractivity contribution in [2.45, 2.75) is 59.0 Å². The molecule has 1 aliphatic heterocycles. The molecule has 1 fully saturated rings. The smallest absolute Gasteiger partial charge is 0.0210 e. The molecule has 2 nitrogen and oxygen atoms in total. The summed E-state index contributed by atoms with van der Waals surface area (Å²) in [6.07, 6.45) is 2.35. The predicted molar refractivity (Wildman–Crippen MR) is 82.8 cm³/mol. The van der Waals surface area contributed by atoms with E-state index in [1.165, 1.54) is 28.7 Å². The van der Waals surface area contributed by atoms with E-state index in [-0.39, 0.29) is 0 Å². The van der Waals surface area contributed by atoms with E-state index in [1.807, 2.05) is 0 Å². The van der Waals surface area contributed by atoms with Crippen LogP contribution in [0, 0.1) is 20.8 Å². The lowest BCUT2D eigenvalue weighted by molar-refractivity contribution is 0.443. The van der Waals surface area contributed by atoms with Gasteiger partial charge in [0, 0.05) is 18.1 Å². The van der Waals surface area contributed by atoms with Gasteiger partial charge < -0.3 is 10.6 Å². The van der Waals surface area contributed by atoms with E-state index < -0.39 is 0 Å². The van der Waals surface area contributed by atoms with Gasteiger partial charge in [0.05, 0.1) is 0 Å². The molecule has 1 heterocycles. The SMILES string of the molecule is Cc1ccc(CCNC2CNC(C)(C)C2)c(C)c1C. The van der Waals surface area contributed by atoms with Crippen LogP contribution >= 0.6 is 0 Å². The van der Waals surface area contributed by atoms with Crippen molar-refractivity contribution in [2.75, 3.05) is 13.1 Å². The maximum Gasteiger partial charge on any atom is 0.0210 e. The van der Waals surface area contributed by atoms with Gasteiger partial charge in [0.2, 0.25) is 0 Å². The minimum absolute atomic E-state index is 0.300. The molecule has 106 valence electrons. The second-order valence-corrected chi connectivity index (χ2v) is 6.66. The van der Waals surface area contributed by atoms with Gasteiger partial charge in [-0.3, -0.25) is 0 Å². The van der Waals surface area contributed by atoms with Crippen LogP contribution in [0.25, 0.3) is 0 Å². The standard InChI is InChI=1S/C17H28N2/c1-12-6-7-15(14(3)13(12)2)8-9-18-16-10-17(4,5)19-11-16/h6-7,16,18-19H,8-11H2,1-5H3. The minimum Gasteiger partial charge on any atom is -0.312 e. The molecule has 2 heteroatoms. The summed E-state index contributed by atoms with van der Waals surface area (Å²) in [5.41, 5.74) is 6.10. The zero-order chi connectivity index (χ0) is 14.0. The van der Waals surface area contributed by atoms with Gasteiger partial charge in [-0.15, -0.1) is 0 Å². The average molecular weight is 260 g/mol. The third-order valence-electron chi connectivity index (χ3n) is 4.58. The molecule has 1 atom stereocenters. The number of hydrogen-bond donors (Lipinski definition) is 2. The number of rotatable bonds is 4. The molecule has 0 bridgehead atoms. The number of benzene rings is 1. The van der Waals surface area contributed by atoms with E-state index in [0.717, 1.165) is 19.5 Å². The summed E-state index contributed by atoms with van der Waals surface area (Å²) in [6, 6.07) is 5.16. The topological polar surface area (TPSA) is 24.1 Å². The molecule has 0 saturated carbocycles. The van der Waals surface area contributed by atoms with Gasteiger partial charge in [-0.1, -0.05) is 12.1 Å². The molecule has 1 saturated heterocycles. The Labute approximate surface area is 118 Å². The molecular weight excluding hydrogens is 232 g/mol. The third-order valence-corrected chi connectivity index (χ3v) is 4.58. The summed E-state index contributed by atoms with van der Waals surface area (Å²) in [6.45, 7) is 13.4. The summed E-state index contributed by atoms with van der Waals surface area (Å²) in [7, 11) is 0. The van der Waals surface area contributed by atoms with Gasteiger partial charge in [-0.2, -0.15) is 0 Å². The Bertz CT molecular complexity index is 449.